The Hall–Kier alpha value is -5.26. The van der Waals surface area contributed by atoms with Gasteiger partial charge in [-0.25, -0.2) is 14.4 Å². The summed E-state index contributed by atoms with van der Waals surface area (Å²) in [6.45, 7) is 3.69. The fraction of sp³-hybridized carbons (Fsp3) is 0.214. The van der Waals surface area contributed by atoms with Crippen LogP contribution in [-0.2, 0) is 40.3 Å². The Morgan fingerprint density at radius 3 is 2.35 bits per heavy atom. The van der Waals surface area contributed by atoms with Gasteiger partial charge in [0, 0.05) is 36.4 Å². The molecule has 3 aromatic rings. The summed E-state index contributed by atoms with van der Waals surface area (Å²) in [6, 6.07) is 13.8. The van der Waals surface area contributed by atoms with Gasteiger partial charge in [0.05, 0.1) is 28.6 Å². The molecule has 2 N–H and O–H groups in total. The van der Waals surface area contributed by atoms with Crippen LogP contribution in [0.15, 0.2) is 65.7 Å². The lowest BCUT2D eigenvalue weighted by molar-refractivity contribution is -0.384. The molecule has 0 fully saturated rings. The molecule has 1 aliphatic heterocycles. The Kier molecular flexibility index (Phi) is 8.38. The van der Waals surface area contributed by atoms with Gasteiger partial charge in [0.15, 0.2) is 0 Å². The number of nitro benzene ring substituents is 1. The highest BCUT2D eigenvalue weighted by molar-refractivity contribution is 5.99. The van der Waals surface area contributed by atoms with Gasteiger partial charge < -0.3 is 24.3 Å². The van der Waals surface area contributed by atoms with Crippen molar-refractivity contribution >= 4 is 29.5 Å². The number of hydrogen-bond acceptors (Lipinski definition) is 8. The zero-order valence-corrected chi connectivity index (χ0v) is 21.4. The Bertz CT molecular complexity index is 1520. The molecule has 0 bridgehead atoms. The van der Waals surface area contributed by atoms with Crippen molar-refractivity contribution in [1.29, 1.82) is 0 Å². The molecule has 0 saturated heterocycles. The van der Waals surface area contributed by atoms with Crippen molar-refractivity contribution in [2.24, 2.45) is 4.99 Å². The molecule has 206 valence electrons. The van der Waals surface area contributed by atoms with Crippen molar-refractivity contribution in [2.75, 3.05) is 6.54 Å². The van der Waals surface area contributed by atoms with Gasteiger partial charge in [-0.3, -0.25) is 15.1 Å². The van der Waals surface area contributed by atoms with Gasteiger partial charge in [-0.05, 0) is 72.9 Å². The number of carbonyl (C=O) groups excluding carboxylic acids is 1. The number of carboxylic acids is 2. The number of carboxylic acid groups (broad SMARTS) is 2. The third-order valence-electron chi connectivity index (χ3n) is 6.29. The molecular weight excluding hydrogens is 522 g/mol. The molecule has 12 heteroatoms. The normalized spacial score (nSPS) is 13.1. The molecule has 2 aromatic carbocycles. The number of nitro groups is 1. The SMILES string of the molecule is CC1=NCCn2c1cc1c2-c2ccc(OC(=O)OCc3ccc([N+](=O)[O-])cc3)cc2CC1.O=C(O)/C=C/C(=O)O. The first-order chi connectivity index (χ1) is 19.1. The van der Waals surface area contributed by atoms with Crippen LogP contribution in [0.5, 0.6) is 5.75 Å². The van der Waals surface area contributed by atoms with Crippen LogP contribution in [0.1, 0.15) is 29.3 Å². The third-order valence-corrected chi connectivity index (χ3v) is 6.29. The summed E-state index contributed by atoms with van der Waals surface area (Å²) in [6.07, 6.45) is 2.11. The third kappa shape index (κ3) is 6.59. The number of benzene rings is 2. The van der Waals surface area contributed by atoms with Gasteiger partial charge in [-0.2, -0.15) is 0 Å². The topological polar surface area (TPSA) is 171 Å². The van der Waals surface area contributed by atoms with Crippen LogP contribution in [0.25, 0.3) is 11.3 Å². The minimum Gasteiger partial charge on any atom is -0.478 e. The largest absolute Gasteiger partial charge is 0.514 e. The predicted octanol–water partition coefficient (Wildman–Crippen LogP) is 4.41. The number of carbonyl (C=O) groups is 3. The molecule has 0 spiro atoms. The highest BCUT2D eigenvalue weighted by Gasteiger charge is 2.25. The van der Waals surface area contributed by atoms with Crippen molar-refractivity contribution in [1.82, 2.24) is 4.57 Å². The van der Waals surface area contributed by atoms with Crippen LogP contribution in [0.4, 0.5) is 10.5 Å². The number of rotatable bonds is 6. The number of hydrogen-bond donors (Lipinski definition) is 2. The molecule has 5 rings (SSSR count). The lowest BCUT2D eigenvalue weighted by Crippen LogP contribution is -2.17. The molecular formula is C28H25N3O9. The fourth-order valence-electron chi connectivity index (χ4n) is 4.51. The lowest BCUT2D eigenvalue weighted by atomic mass is 9.90. The highest BCUT2D eigenvalue weighted by Crippen LogP contribution is 2.38. The number of non-ortho nitro benzene ring substituents is 1. The van der Waals surface area contributed by atoms with E-state index in [2.05, 4.69) is 22.5 Å². The summed E-state index contributed by atoms with van der Waals surface area (Å²) in [5.41, 5.74) is 7.76. The Morgan fingerprint density at radius 1 is 1.02 bits per heavy atom. The quantitative estimate of drug-likeness (QED) is 0.149. The molecule has 40 heavy (non-hydrogen) atoms. The van der Waals surface area contributed by atoms with E-state index < -0.39 is 23.0 Å². The average Bonchev–Trinajstić information content (AvgIpc) is 3.32. The molecule has 12 nitrogen and oxygen atoms in total. The first kappa shape index (κ1) is 27.8. The van der Waals surface area contributed by atoms with Crippen LogP contribution < -0.4 is 4.74 Å². The van der Waals surface area contributed by atoms with Gasteiger partial charge >= 0.3 is 18.1 Å². The highest BCUT2D eigenvalue weighted by atomic mass is 16.7. The summed E-state index contributed by atoms with van der Waals surface area (Å²) in [5, 5.41) is 26.3. The van der Waals surface area contributed by atoms with E-state index in [1.54, 1.807) is 18.2 Å². The number of aryl methyl sites for hydroxylation is 2. The predicted molar refractivity (Wildman–Crippen MR) is 143 cm³/mol. The van der Waals surface area contributed by atoms with Crippen molar-refractivity contribution in [3.63, 3.8) is 0 Å². The van der Waals surface area contributed by atoms with Crippen LogP contribution in [0.2, 0.25) is 0 Å². The van der Waals surface area contributed by atoms with Gasteiger partial charge in [0.1, 0.15) is 12.4 Å². The van der Waals surface area contributed by atoms with Crippen LogP contribution in [0.3, 0.4) is 0 Å². The lowest BCUT2D eigenvalue weighted by Gasteiger charge is -2.22. The summed E-state index contributed by atoms with van der Waals surface area (Å²) in [5.74, 6) is -2.08. The Morgan fingerprint density at radius 2 is 1.70 bits per heavy atom. The second-order valence-corrected chi connectivity index (χ2v) is 8.92. The van der Waals surface area contributed by atoms with Crippen LogP contribution in [0, 0.1) is 10.1 Å². The maximum Gasteiger partial charge on any atom is 0.514 e. The van der Waals surface area contributed by atoms with E-state index in [0.717, 1.165) is 37.2 Å². The second kappa shape index (κ2) is 12.1. The summed E-state index contributed by atoms with van der Waals surface area (Å²) < 4.78 is 12.9. The maximum absolute atomic E-state index is 12.1. The monoisotopic (exact) mass is 547 g/mol. The van der Waals surface area contributed by atoms with Crippen molar-refractivity contribution in [3.8, 4) is 17.0 Å². The smallest absolute Gasteiger partial charge is 0.478 e. The fourth-order valence-corrected chi connectivity index (χ4v) is 4.51. The molecule has 0 radical (unpaired) electrons. The van der Waals surface area contributed by atoms with Gasteiger partial charge in [-0.1, -0.05) is 0 Å². The number of nitrogens with zero attached hydrogens (tertiary/aromatic N) is 3. The molecule has 2 heterocycles. The van der Waals surface area contributed by atoms with Crippen molar-refractivity contribution in [2.45, 2.75) is 32.9 Å². The van der Waals surface area contributed by atoms with Crippen molar-refractivity contribution < 1.29 is 39.0 Å². The molecule has 0 unspecified atom stereocenters. The number of ether oxygens (including phenoxy) is 2. The van der Waals surface area contributed by atoms with Crippen LogP contribution in [-0.4, -0.2) is 50.1 Å². The van der Waals surface area contributed by atoms with E-state index in [4.69, 9.17) is 19.7 Å². The minimum atomic E-state index is -1.26. The van der Waals surface area contributed by atoms with E-state index in [0.29, 0.717) is 23.5 Å². The number of fused-ring (bicyclic) bond motifs is 5. The first-order valence-corrected chi connectivity index (χ1v) is 12.2. The van der Waals surface area contributed by atoms with Gasteiger partial charge in [-0.15, -0.1) is 0 Å². The summed E-state index contributed by atoms with van der Waals surface area (Å²) in [7, 11) is 0. The molecule has 1 aliphatic carbocycles. The number of aliphatic carboxylic acids is 2. The summed E-state index contributed by atoms with van der Waals surface area (Å²) >= 11 is 0. The van der Waals surface area contributed by atoms with Crippen LogP contribution >= 0.6 is 0 Å². The molecule has 1 aromatic heterocycles. The summed E-state index contributed by atoms with van der Waals surface area (Å²) in [4.78, 5) is 46.1. The number of aliphatic imine (C=N–C) groups is 1. The van der Waals surface area contributed by atoms with E-state index in [1.165, 1.54) is 34.6 Å². The Balaban J connectivity index is 0.000000406. The zero-order chi connectivity index (χ0) is 28.8. The first-order valence-electron chi connectivity index (χ1n) is 12.2. The Labute approximate surface area is 227 Å². The average molecular weight is 548 g/mol. The molecule has 0 amide bonds. The van der Waals surface area contributed by atoms with E-state index in [-0.39, 0.29) is 12.3 Å². The second-order valence-electron chi connectivity index (χ2n) is 8.92. The van der Waals surface area contributed by atoms with Gasteiger partial charge in [0.25, 0.3) is 5.69 Å². The van der Waals surface area contributed by atoms with E-state index in [1.807, 2.05) is 12.1 Å². The maximum atomic E-state index is 12.1. The van der Waals surface area contributed by atoms with E-state index in [9.17, 15) is 24.5 Å². The standard InChI is InChI=1S/C24H21N3O5.C4H4O4/c1-15-22-13-18-5-4-17-12-20(8-9-21(17)23(18)26(22)11-10-25-15)32-24(28)31-14-16-2-6-19(7-3-16)27(29)30;5-3(6)1-2-4(7)8/h2-3,6-9,12-13H,4-5,10-11,14H2,1H3;1-2H,(H,5,6)(H,7,8)/b;2-1+. The molecule has 0 saturated carbocycles. The minimum absolute atomic E-state index is 0.0137. The molecule has 2 aliphatic rings. The zero-order valence-electron chi connectivity index (χ0n) is 21.4. The van der Waals surface area contributed by atoms with E-state index >= 15 is 0 Å². The number of aromatic nitrogens is 1. The van der Waals surface area contributed by atoms with Crippen molar-refractivity contribution in [3.05, 3.63) is 93.2 Å². The van der Waals surface area contributed by atoms with Gasteiger partial charge in [0.2, 0.25) is 0 Å². The molecule has 0 atom stereocenters.